The van der Waals surface area contributed by atoms with Crippen LogP contribution in [0.2, 0.25) is 0 Å². The van der Waals surface area contributed by atoms with Crippen LogP contribution in [0.25, 0.3) is 10.7 Å². The minimum absolute atomic E-state index is 0.0388. The summed E-state index contributed by atoms with van der Waals surface area (Å²) < 4.78 is 47.9. The Labute approximate surface area is 201 Å². The van der Waals surface area contributed by atoms with Crippen LogP contribution in [-0.4, -0.2) is 76.0 Å². The standard InChI is InChI=1S/C21H19F3N6O4S/c22-21(23,24)34-17-2-1-13(9-14(17)27-18(32)12-30-5-7-33-8-6-30)16(31)10-19-28-29-20(35-19)15-11-25-3-4-26-15/h1-4,9,11H,5-8,10,12H2,(H,27,32). The van der Waals surface area contributed by atoms with Gasteiger partial charge in [0, 0.05) is 31.0 Å². The van der Waals surface area contributed by atoms with Crippen molar-refractivity contribution < 1.29 is 32.2 Å². The fourth-order valence-corrected chi connectivity index (χ4v) is 4.04. The number of anilines is 1. The molecule has 4 rings (SSSR count). The van der Waals surface area contributed by atoms with E-state index < -0.39 is 23.8 Å². The van der Waals surface area contributed by atoms with E-state index in [4.69, 9.17) is 4.74 Å². The Hall–Kier alpha value is -3.49. The second-order valence-electron chi connectivity index (χ2n) is 7.39. The molecule has 0 bridgehead atoms. The lowest BCUT2D eigenvalue weighted by Gasteiger charge is -2.26. The van der Waals surface area contributed by atoms with Crippen LogP contribution in [-0.2, 0) is 16.0 Å². The Kier molecular flexibility index (Phi) is 7.63. The predicted molar refractivity (Wildman–Crippen MR) is 118 cm³/mol. The molecule has 0 spiro atoms. The molecular formula is C21H19F3N6O4S. The molecule has 2 aromatic heterocycles. The zero-order valence-corrected chi connectivity index (χ0v) is 18.9. The Balaban J connectivity index is 1.49. The van der Waals surface area contributed by atoms with Crippen molar-refractivity contribution in [3.05, 3.63) is 47.4 Å². The molecule has 3 heterocycles. The second-order valence-corrected chi connectivity index (χ2v) is 8.45. The highest BCUT2D eigenvalue weighted by molar-refractivity contribution is 7.14. The maximum Gasteiger partial charge on any atom is 0.573 e. The van der Waals surface area contributed by atoms with Gasteiger partial charge in [-0.3, -0.25) is 24.5 Å². The quantitative estimate of drug-likeness (QED) is 0.458. The van der Waals surface area contributed by atoms with Crippen LogP contribution in [0.1, 0.15) is 15.4 Å². The van der Waals surface area contributed by atoms with Gasteiger partial charge in [0.2, 0.25) is 5.91 Å². The molecular weight excluding hydrogens is 489 g/mol. The number of benzene rings is 1. The molecule has 1 N–H and O–H groups in total. The molecule has 35 heavy (non-hydrogen) atoms. The highest BCUT2D eigenvalue weighted by atomic mass is 32.1. The number of nitrogens with one attached hydrogen (secondary N) is 1. The summed E-state index contributed by atoms with van der Waals surface area (Å²) in [6.07, 6.45) is -0.589. The van der Waals surface area contributed by atoms with Crippen LogP contribution < -0.4 is 10.1 Å². The lowest BCUT2D eigenvalue weighted by Crippen LogP contribution is -2.41. The SMILES string of the molecule is O=C(CN1CCOCC1)Nc1cc(C(=O)Cc2nnc(-c3cnccn3)s2)ccc1OC(F)(F)F. The van der Waals surface area contributed by atoms with E-state index in [0.29, 0.717) is 42.0 Å². The van der Waals surface area contributed by atoms with Crippen molar-refractivity contribution in [3.63, 3.8) is 0 Å². The average molecular weight is 508 g/mol. The molecule has 0 saturated carbocycles. The number of hydrogen-bond donors (Lipinski definition) is 1. The Morgan fingerprint density at radius 3 is 2.69 bits per heavy atom. The van der Waals surface area contributed by atoms with Gasteiger partial charge in [0.15, 0.2) is 16.5 Å². The van der Waals surface area contributed by atoms with Gasteiger partial charge in [-0.05, 0) is 18.2 Å². The second kappa shape index (κ2) is 10.8. The van der Waals surface area contributed by atoms with Crippen LogP contribution >= 0.6 is 11.3 Å². The molecule has 10 nitrogen and oxygen atoms in total. The van der Waals surface area contributed by atoms with Gasteiger partial charge >= 0.3 is 6.36 Å². The summed E-state index contributed by atoms with van der Waals surface area (Å²) in [4.78, 5) is 35.2. The van der Waals surface area contributed by atoms with Crippen LogP contribution in [0.4, 0.5) is 18.9 Å². The third-order valence-corrected chi connectivity index (χ3v) is 5.78. The zero-order chi connectivity index (χ0) is 24.8. The van der Waals surface area contributed by atoms with Gasteiger partial charge in [-0.15, -0.1) is 23.4 Å². The fraction of sp³-hybridized carbons (Fsp3) is 0.333. The summed E-state index contributed by atoms with van der Waals surface area (Å²) in [5.41, 5.74) is 0.323. The molecule has 0 radical (unpaired) electrons. The summed E-state index contributed by atoms with van der Waals surface area (Å²) >= 11 is 1.15. The highest BCUT2D eigenvalue weighted by Crippen LogP contribution is 2.32. The lowest BCUT2D eigenvalue weighted by molar-refractivity contribution is -0.274. The summed E-state index contributed by atoms with van der Waals surface area (Å²) in [6, 6.07) is 3.35. The average Bonchev–Trinajstić information content (AvgIpc) is 3.29. The zero-order valence-electron chi connectivity index (χ0n) is 18.1. The van der Waals surface area contributed by atoms with E-state index in [-0.39, 0.29) is 24.2 Å². The topological polar surface area (TPSA) is 119 Å². The van der Waals surface area contributed by atoms with Gasteiger partial charge in [-0.25, -0.2) is 0 Å². The largest absolute Gasteiger partial charge is 0.573 e. The first-order valence-electron chi connectivity index (χ1n) is 10.4. The lowest BCUT2D eigenvalue weighted by atomic mass is 10.1. The highest BCUT2D eigenvalue weighted by Gasteiger charge is 2.32. The third-order valence-electron chi connectivity index (χ3n) is 4.83. The van der Waals surface area contributed by atoms with E-state index in [2.05, 4.69) is 30.2 Å². The number of hydrogen-bond acceptors (Lipinski definition) is 10. The van der Waals surface area contributed by atoms with E-state index in [1.54, 1.807) is 0 Å². The van der Waals surface area contributed by atoms with Gasteiger partial charge < -0.3 is 14.8 Å². The van der Waals surface area contributed by atoms with Crippen LogP contribution in [0.5, 0.6) is 5.75 Å². The molecule has 1 fully saturated rings. The van der Waals surface area contributed by atoms with Crippen molar-refractivity contribution in [2.75, 3.05) is 38.2 Å². The van der Waals surface area contributed by atoms with Gasteiger partial charge in [-0.1, -0.05) is 11.3 Å². The molecule has 1 aliphatic heterocycles. The first-order valence-corrected chi connectivity index (χ1v) is 11.2. The van der Waals surface area contributed by atoms with Crippen LogP contribution in [0.15, 0.2) is 36.8 Å². The number of nitrogens with zero attached hydrogens (tertiary/aromatic N) is 5. The number of aromatic nitrogens is 4. The van der Waals surface area contributed by atoms with E-state index in [1.807, 2.05) is 4.90 Å². The number of ketones is 1. The number of carbonyl (C=O) groups is 2. The molecule has 1 aliphatic rings. The van der Waals surface area contributed by atoms with Crippen molar-refractivity contribution in [2.24, 2.45) is 0 Å². The van der Waals surface area contributed by atoms with E-state index in [1.165, 1.54) is 24.7 Å². The minimum atomic E-state index is -4.97. The maximum atomic E-state index is 12.9. The molecule has 1 amide bonds. The Morgan fingerprint density at radius 1 is 1.17 bits per heavy atom. The molecule has 0 aliphatic carbocycles. The number of alkyl halides is 3. The summed E-state index contributed by atoms with van der Waals surface area (Å²) in [5, 5.41) is 11.3. The monoisotopic (exact) mass is 508 g/mol. The van der Waals surface area contributed by atoms with Crippen molar-refractivity contribution in [1.82, 2.24) is 25.1 Å². The molecule has 1 aromatic carbocycles. The first-order chi connectivity index (χ1) is 16.8. The number of carbonyl (C=O) groups excluding carboxylic acids is 2. The van der Waals surface area contributed by atoms with E-state index >= 15 is 0 Å². The summed E-state index contributed by atoms with van der Waals surface area (Å²) in [5.74, 6) is -1.58. The van der Waals surface area contributed by atoms with Crippen LogP contribution in [0, 0.1) is 0 Å². The van der Waals surface area contributed by atoms with Crippen molar-refractivity contribution >= 4 is 28.7 Å². The number of morpholine rings is 1. The van der Waals surface area contributed by atoms with Crippen molar-refractivity contribution in [1.29, 1.82) is 0 Å². The minimum Gasteiger partial charge on any atom is -0.404 e. The predicted octanol–water partition coefficient (Wildman–Crippen LogP) is 2.59. The Morgan fingerprint density at radius 2 is 1.97 bits per heavy atom. The van der Waals surface area contributed by atoms with Gasteiger partial charge in [-0.2, -0.15) is 0 Å². The number of amides is 1. The van der Waals surface area contributed by atoms with Gasteiger partial charge in [0.25, 0.3) is 0 Å². The number of rotatable bonds is 8. The molecule has 0 atom stereocenters. The molecule has 184 valence electrons. The third kappa shape index (κ3) is 7.00. The number of Topliss-reactive ketones (excluding diaryl/α,β-unsaturated/α-hetero) is 1. The van der Waals surface area contributed by atoms with E-state index in [0.717, 1.165) is 23.5 Å². The van der Waals surface area contributed by atoms with E-state index in [9.17, 15) is 22.8 Å². The number of halogens is 3. The molecule has 0 unspecified atom stereocenters. The van der Waals surface area contributed by atoms with Crippen LogP contribution in [0.3, 0.4) is 0 Å². The molecule has 1 saturated heterocycles. The smallest absolute Gasteiger partial charge is 0.404 e. The number of ether oxygens (including phenoxy) is 2. The first kappa shape index (κ1) is 24.6. The van der Waals surface area contributed by atoms with Gasteiger partial charge in [0.1, 0.15) is 10.7 Å². The molecule has 14 heteroatoms. The molecule has 3 aromatic rings. The van der Waals surface area contributed by atoms with Gasteiger partial charge in [0.05, 0.1) is 38.1 Å². The maximum absolute atomic E-state index is 12.9. The fourth-order valence-electron chi connectivity index (χ4n) is 3.24. The normalized spacial score (nSPS) is 14.5. The van der Waals surface area contributed by atoms with Crippen molar-refractivity contribution in [2.45, 2.75) is 12.8 Å². The summed E-state index contributed by atoms with van der Waals surface area (Å²) in [6.45, 7) is 1.93. The Bertz CT molecular complexity index is 1190. The van der Waals surface area contributed by atoms with Crippen molar-refractivity contribution in [3.8, 4) is 16.5 Å². The summed E-state index contributed by atoms with van der Waals surface area (Å²) in [7, 11) is 0.